The van der Waals surface area contributed by atoms with Gasteiger partial charge in [0.15, 0.2) is 5.78 Å². The molecule has 1 fully saturated rings. The van der Waals surface area contributed by atoms with E-state index < -0.39 is 16.3 Å². The van der Waals surface area contributed by atoms with Gasteiger partial charge in [-0.1, -0.05) is 0 Å². The predicted octanol–water partition coefficient (Wildman–Crippen LogP) is 2.00. The largest absolute Gasteiger partial charge is 0.366 e. The van der Waals surface area contributed by atoms with Crippen molar-refractivity contribution in [2.24, 2.45) is 0 Å². The maximum absolute atomic E-state index is 14.4. The van der Waals surface area contributed by atoms with E-state index >= 15 is 0 Å². The fourth-order valence-electron chi connectivity index (χ4n) is 3.80. The third-order valence-electron chi connectivity index (χ3n) is 5.65. The van der Waals surface area contributed by atoms with Gasteiger partial charge in [0.1, 0.15) is 12.4 Å². The highest BCUT2D eigenvalue weighted by molar-refractivity contribution is 5.94. The van der Waals surface area contributed by atoms with Gasteiger partial charge in [0.25, 0.3) is 11.2 Å². The summed E-state index contributed by atoms with van der Waals surface area (Å²) in [6.07, 6.45) is 1.20. The molecular weight excluding hydrogens is 433 g/mol. The number of nitro groups is 1. The number of rotatable bonds is 5. The average Bonchev–Trinajstić information content (AvgIpc) is 2.80. The van der Waals surface area contributed by atoms with Crippen LogP contribution in [0, 0.1) is 15.9 Å². The molecule has 33 heavy (non-hydrogen) atoms. The van der Waals surface area contributed by atoms with Gasteiger partial charge in [-0.15, -0.1) is 0 Å². The highest BCUT2D eigenvalue weighted by atomic mass is 19.1. The van der Waals surface area contributed by atoms with Crippen LogP contribution in [-0.4, -0.2) is 57.2 Å². The monoisotopic (exact) mass is 453 g/mol. The van der Waals surface area contributed by atoms with Crippen LogP contribution in [0.3, 0.4) is 0 Å². The standard InChI is InChI=1S/C22H20FN5O5/c1-14(29)15-2-5-20(18(23)10-15)25-6-8-26(9-7-25)21(30)12-27-13-24-19-11-16(28(32)33)3-4-17(19)22(27)31/h2-5,10-11,13H,6-9,12H2,1H3. The Labute approximate surface area is 187 Å². The molecule has 0 radical (unpaired) electrons. The van der Waals surface area contributed by atoms with Crippen LogP contribution in [0.25, 0.3) is 10.9 Å². The number of Topliss-reactive ketones (excluding diaryl/α,β-unsaturated/α-hetero) is 1. The second-order valence-corrected chi connectivity index (χ2v) is 7.73. The molecule has 4 rings (SSSR count). The van der Waals surface area contributed by atoms with Crippen molar-refractivity contribution < 1.29 is 18.9 Å². The number of hydrogen-bond acceptors (Lipinski definition) is 7. The Hall–Kier alpha value is -4.15. The number of carbonyl (C=O) groups excluding carboxylic acids is 2. The Morgan fingerprint density at radius 1 is 1.12 bits per heavy atom. The van der Waals surface area contributed by atoms with Crippen molar-refractivity contribution in [3.8, 4) is 0 Å². The third-order valence-corrected chi connectivity index (χ3v) is 5.65. The highest BCUT2D eigenvalue weighted by Gasteiger charge is 2.24. The van der Waals surface area contributed by atoms with Crippen molar-refractivity contribution in [2.45, 2.75) is 13.5 Å². The molecule has 3 aromatic rings. The number of piperazine rings is 1. The van der Waals surface area contributed by atoms with Crippen LogP contribution in [0.4, 0.5) is 15.8 Å². The Morgan fingerprint density at radius 3 is 2.48 bits per heavy atom. The lowest BCUT2D eigenvalue weighted by atomic mass is 10.1. The molecule has 11 heteroatoms. The van der Waals surface area contributed by atoms with Crippen molar-refractivity contribution in [2.75, 3.05) is 31.1 Å². The van der Waals surface area contributed by atoms with Crippen LogP contribution in [0.1, 0.15) is 17.3 Å². The molecule has 0 unspecified atom stereocenters. The maximum atomic E-state index is 14.4. The number of ketones is 1. The third kappa shape index (κ3) is 4.43. The number of aromatic nitrogens is 2. The minimum Gasteiger partial charge on any atom is -0.366 e. The zero-order valence-electron chi connectivity index (χ0n) is 17.7. The fraction of sp³-hybridized carbons (Fsp3) is 0.273. The molecule has 0 aliphatic carbocycles. The van der Waals surface area contributed by atoms with E-state index in [1.165, 1.54) is 42.1 Å². The zero-order chi connectivity index (χ0) is 23.7. The first-order valence-corrected chi connectivity index (χ1v) is 10.2. The molecule has 0 N–H and O–H groups in total. The maximum Gasteiger partial charge on any atom is 0.271 e. The topological polar surface area (TPSA) is 119 Å². The molecule has 1 aromatic heterocycles. The molecular formula is C22H20FN5O5. The first-order chi connectivity index (χ1) is 15.7. The summed E-state index contributed by atoms with van der Waals surface area (Å²) in [7, 11) is 0. The fourth-order valence-corrected chi connectivity index (χ4v) is 3.80. The molecule has 0 bridgehead atoms. The zero-order valence-corrected chi connectivity index (χ0v) is 17.7. The molecule has 2 aromatic carbocycles. The van der Waals surface area contributed by atoms with E-state index in [1.54, 1.807) is 21.9 Å². The van der Waals surface area contributed by atoms with E-state index in [0.29, 0.717) is 37.4 Å². The highest BCUT2D eigenvalue weighted by Crippen LogP contribution is 2.22. The van der Waals surface area contributed by atoms with Gasteiger partial charge in [0.2, 0.25) is 5.91 Å². The normalized spacial score (nSPS) is 13.9. The molecule has 0 saturated carbocycles. The van der Waals surface area contributed by atoms with E-state index in [1.807, 2.05) is 0 Å². The average molecular weight is 453 g/mol. The van der Waals surface area contributed by atoms with Gasteiger partial charge < -0.3 is 9.80 Å². The van der Waals surface area contributed by atoms with Gasteiger partial charge >= 0.3 is 0 Å². The summed E-state index contributed by atoms with van der Waals surface area (Å²) in [5, 5.41) is 11.1. The minimum atomic E-state index is -0.570. The molecule has 1 saturated heterocycles. The molecule has 1 amide bonds. The van der Waals surface area contributed by atoms with Crippen LogP contribution in [0.2, 0.25) is 0 Å². The van der Waals surface area contributed by atoms with E-state index in [9.17, 15) is 28.9 Å². The molecule has 0 spiro atoms. The van der Waals surface area contributed by atoms with Crippen molar-refractivity contribution in [3.05, 3.63) is 74.6 Å². The first kappa shape index (κ1) is 22.1. The van der Waals surface area contributed by atoms with Crippen LogP contribution >= 0.6 is 0 Å². The molecule has 170 valence electrons. The quantitative estimate of drug-likeness (QED) is 0.329. The summed E-state index contributed by atoms with van der Waals surface area (Å²) < 4.78 is 15.6. The predicted molar refractivity (Wildman–Crippen MR) is 118 cm³/mol. The number of nitrogens with zero attached hydrogens (tertiary/aromatic N) is 5. The first-order valence-electron chi connectivity index (χ1n) is 10.2. The Balaban J connectivity index is 1.43. The van der Waals surface area contributed by atoms with E-state index in [0.717, 1.165) is 0 Å². The Kier molecular flexibility index (Phi) is 5.86. The smallest absolute Gasteiger partial charge is 0.271 e. The summed E-state index contributed by atoms with van der Waals surface area (Å²) in [6.45, 7) is 2.64. The number of nitro benzene ring substituents is 1. The second kappa shape index (κ2) is 8.77. The van der Waals surface area contributed by atoms with E-state index in [2.05, 4.69) is 4.98 Å². The number of carbonyl (C=O) groups is 2. The van der Waals surface area contributed by atoms with Gasteiger partial charge in [-0.2, -0.15) is 0 Å². The SMILES string of the molecule is CC(=O)c1ccc(N2CCN(C(=O)Cn3cnc4cc([N+](=O)[O-])ccc4c3=O)CC2)c(F)c1. The second-order valence-electron chi connectivity index (χ2n) is 7.73. The number of non-ortho nitro benzene ring substituents is 1. The lowest BCUT2D eigenvalue weighted by Gasteiger charge is -2.36. The van der Waals surface area contributed by atoms with Crippen LogP contribution < -0.4 is 10.5 Å². The number of fused-ring (bicyclic) bond motifs is 1. The summed E-state index contributed by atoms with van der Waals surface area (Å²) in [4.78, 5) is 54.6. The number of hydrogen-bond donors (Lipinski definition) is 0. The molecule has 2 heterocycles. The van der Waals surface area contributed by atoms with Crippen LogP contribution in [0.15, 0.2) is 47.5 Å². The molecule has 10 nitrogen and oxygen atoms in total. The van der Waals surface area contributed by atoms with Gasteiger partial charge in [0.05, 0.1) is 27.8 Å². The molecule has 0 atom stereocenters. The van der Waals surface area contributed by atoms with Crippen molar-refractivity contribution in [1.82, 2.24) is 14.5 Å². The number of halogens is 1. The Morgan fingerprint density at radius 2 is 1.85 bits per heavy atom. The van der Waals surface area contributed by atoms with Crippen molar-refractivity contribution in [1.29, 1.82) is 0 Å². The summed E-state index contributed by atoms with van der Waals surface area (Å²) in [6, 6.07) is 8.11. The van der Waals surface area contributed by atoms with Gasteiger partial charge in [-0.05, 0) is 31.2 Å². The molecule has 1 aliphatic rings. The number of anilines is 1. The van der Waals surface area contributed by atoms with E-state index in [4.69, 9.17) is 0 Å². The van der Waals surface area contributed by atoms with Crippen LogP contribution in [-0.2, 0) is 11.3 Å². The van der Waals surface area contributed by atoms with Gasteiger partial charge in [-0.25, -0.2) is 9.37 Å². The summed E-state index contributed by atoms with van der Waals surface area (Å²) in [5.41, 5.74) is 0.220. The lowest BCUT2D eigenvalue weighted by Crippen LogP contribution is -2.50. The number of amides is 1. The minimum absolute atomic E-state index is 0.173. The summed E-state index contributed by atoms with van der Waals surface area (Å²) in [5.74, 6) is -0.990. The Bertz CT molecular complexity index is 1330. The lowest BCUT2D eigenvalue weighted by molar-refractivity contribution is -0.384. The van der Waals surface area contributed by atoms with Gasteiger partial charge in [0, 0.05) is 43.9 Å². The van der Waals surface area contributed by atoms with Crippen LogP contribution in [0.5, 0.6) is 0 Å². The summed E-state index contributed by atoms with van der Waals surface area (Å²) >= 11 is 0. The molecule has 1 aliphatic heterocycles. The van der Waals surface area contributed by atoms with Gasteiger partial charge in [-0.3, -0.25) is 29.1 Å². The van der Waals surface area contributed by atoms with Crippen molar-refractivity contribution >= 4 is 34.0 Å². The van der Waals surface area contributed by atoms with E-state index in [-0.39, 0.29) is 34.8 Å². The van der Waals surface area contributed by atoms with Crippen molar-refractivity contribution in [3.63, 3.8) is 0 Å². The number of benzene rings is 2.